The summed E-state index contributed by atoms with van der Waals surface area (Å²) >= 11 is 0. The molecule has 6 nitrogen and oxygen atoms in total. The van der Waals surface area contributed by atoms with Gasteiger partial charge in [-0.2, -0.15) is 0 Å². The van der Waals surface area contributed by atoms with Crippen molar-refractivity contribution in [3.63, 3.8) is 0 Å². The van der Waals surface area contributed by atoms with Gasteiger partial charge >= 0.3 is 0 Å². The minimum Gasteiger partial charge on any atom is -0.336 e. The Morgan fingerprint density at radius 3 is 1.42 bits per heavy atom. The topological polar surface area (TPSA) is 63.2 Å². The summed E-state index contributed by atoms with van der Waals surface area (Å²) in [4.78, 5) is 4.95. The lowest BCUT2D eigenvalue weighted by atomic mass is 9.92. The second-order valence-electron chi connectivity index (χ2n) is 8.68. The van der Waals surface area contributed by atoms with Gasteiger partial charge in [-0.25, -0.2) is 4.68 Å². The first-order chi connectivity index (χ1) is 11.4. The molecule has 2 N–H and O–H groups in total. The lowest BCUT2D eigenvalue weighted by Crippen LogP contribution is -2.40. The van der Waals surface area contributed by atoms with Crippen LogP contribution in [0.15, 0.2) is 0 Å². The zero-order chi connectivity index (χ0) is 17.3. The van der Waals surface area contributed by atoms with Crippen LogP contribution < -0.4 is 5.84 Å². The fourth-order valence-corrected chi connectivity index (χ4v) is 4.82. The van der Waals surface area contributed by atoms with Gasteiger partial charge in [0.1, 0.15) is 0 Å². The zero-order valence-corrected chi connectivity index (χ0v) is 15.8. The largest absolute Gasteiger partial charge is 0.336 e. The Morgan fingerprint density at radius 2 is 1.08 bits per heavy atom. The van der Waals surface area contributed by atoms with Crippen molar-refractivity contribution in [3.05, 3.63) is 11.6 Å². The van der Waals surface area contributed by atoms with Crippen molar-refractivity contribution in [3.8, 4) is 0 Å². The molecule has 2 aliphatic heterocycles. The van der Waals surface area contributed by atoms with Gasteiger partial charge in [-0.1, -0.05) is 27.7 Å². The average Bonchev–Trinajstić information content (AvgIpc) is 2.78. The zero-order valence-electron chi connectivity index (χ0n) is 15.8. The van der Waals surface area contributed by atoms with E-state index in [9.17, 15) is 0 Å². The smallest absolute Gasteiger partial charge is 0.165 e. The van der Waals surface area contributed by atoms with Gasteiger partial charge in [0, 0.05) is 26.2 Å². The van der Waals surface area contributed by atoms with Crippen molar-refractivity contribution in [2.45, 2.75) is 53.6 Å². The van der Waals surface area contributed by atoms with Crippen LogP contribution in [0.5, 0.6) is 0 Å². The van der Waals surface area contributed by atoms with Crippen molar-refractivity contribution >= 4 is 0 Å². The Balaban J connectivity index is 1.61. The highest BCUT2D eigenvalue weighted by Gasteiger charge is 2.26. The summed E-state index contributed by atoms with van der Waals surface area (Å²) in [5, 5.41) is 8.77. The highest BCUT2D eigenvalue weighted by Crippen LogP contribution is 2.23. The van der Waals surface area contributed by atoms with Crippen molar-refractivity contribution in [1.82, 2.24) is 24.7 Å². The van der Waals surface area contributed by atoms with Crippen molar-refractivity contribution in [2.24, 2.45) is 23.7 Å². The maximum Gasteiger partial charge on any atom is 0.165 e. The van der Waals surface area contributed by atoms with Crippen molar-refractivity contribution in [2.75, 3.05) is 32.0 Å². The third-order valence-electron chi connectivity index (χ3n) is 5.46. The number of hydrogen-bond donors (Lipinski definition) is 1. The number of hydrogen-bond acceptors (Lipinski definition) is 5. The first kappa shape index (κ1) is 17.7. The summed E-state index contributed by atoms with van der Waals surface area (Å²) in [5.74, 6) is 11.1. The van der Waals surface area contributed by atoms with E-state index < -0.39 is 0 Å². The van der Waals surface area contributed by atoms with Gasteiger partial charge in [0.25, 0.3) is 0 Å². The molecule has 0 aromatic carbocycles. The molecule has 0 bridgehead atoms. The predicted octanol–water partition coefficient (Wildman–Crippen LogP) is 1.95. The Morgan fingerprint density at radius 1 is 0.750 bits per heavy atom. The molecule has 0 radical (unpaired) electrons. The highest BCUT2D eigenvalue weighted by molar-refractivity contribution is 4.97. The summed E-state index contributed by atoms with van der Waals surface area (Å²) < 4.78 is 1.73. The molecule has 3 heterocycles. The summed E-state index contributed by atoms with van der Waals surface area (Å²) in [6.45, 7) is 15.5. The van der Waals surface area contributed by atoms with E-state index in [0.717, 1.165) is 74.6 Å². The molecule has 1 aromatic heterocycles. The molecule has 4 atom stereocenters. The van der Waals surface area contributed by atoms with Gasteiger partial charge in [0.15, 0.2) is 11.6 Å². The lowest BCUT2D eigenvalue weighted by molar-refractivity contribution is 0.127. The Hall–Kier alpha value is -1.14. The van der Waals surface area contributed by atoms with Gasteiger partial charge in [-0.3, -0.25) is 9.80 Å². The number of nitrogens with zero attached hydrogens (tertiary/aromatic N) is 5. The number of nitrogen functional groups attached to an aromatic ring is 1. The Kier molecular flexibility index (Phi) is 5.45. The van der Waals surface area contributed by atoms with Gasteiger partial charge in [0.05, 0.1) is 13.1 Å². The van der Waals surface area contributed by atoms with E-state index >= 15 is 0 Å². The molecule has 0 aliphatic carbocycles. The number of nitrogens with two attached hydrogens (primary N) is 1. The van der Waals surface area contributed by atoms with E-state index in [0.29, 0.717) is 0 Å². The third-order valence-corrected chi connectivity index (χ3v) is 5.46. The maximum atomic E-state index is 6.31. The van der Waals surface area contributed by atoms with Crippen LogP contribution in [0, 0.1) is 23.7 Å². The molecule has 24 heavy (non-hydrogen) atoms. The van der Waals surface area contributed by atoms with Crippen LogP contribution in [0.2, 0.25) is 0 Å². The van der Waals surface area contributed by atoms with Crippen molar-refractivity contribution < 1.29 is 0 Å². The van der Waals surface area contributed by atoms with Crippen LogP contribution in [0.3, 0.4) is 0 Å². The van der Waals surface area contributed by atoms with E-state index in [1.807, 2.05) is 0 Å². The SMILES string of the molecule is CC1CC(C)CN(Cc2nnc(CN3CC(C)CC(C)C3)n2N)C1. The van der Waals surface area contributed by atoms with E-state index in [1.165, 1.54) is 12.8 Å². The Labute approximate surface area is 146 Å². The van der Waals surface area contributed by atoms with Gasteiger partial charge in [-0.15, -0.1) is 10.2 Å². The minimum atomic E-state index is 0.749. The number of piperidine rings is 2. The lowest BCUT2D eigenvalue weighted by Gasteiger charge is -2.35. The molecule has 2 saturated heterocycles. The second-order valence-corrected chi connectivity index (χ2v) is 8.68. The first-order valence-electron chi connectivity index (χ1n) is 9.53. The molecular formula is C18H34N6. The molecule has 0 spiro atoms. The highest BCUT2D eigenvalue weighted by atomic mass is 15.4. The molecule has 2 aliphatic rings. The van der Waals surface area contributed by atoms with Crippen LogP contribution in [0.4, 0.5) is 0 Å². The van der Waals surface area contributed by atoms with E-state index in [2.05, 4.69) is 47.7 Å². The van der Waals surface area contributed by atoms with Crippen LogP contribution in [0.1, 0.15) is 52.2 Å². The standard InChI is InChI=1S/C18H34N6/c1-13-5-14(2)8-22(7-13)11-17-20-21-18(24(17)19)12-23-9-15(3)6-16(4)10-23/h13-16H,5-12,19H2,1-4H3. The van der Waals surface area contributed by atoms with E-state index in [4.69, 9.17) is 5.84 Å². The molecule has 136 valence electrons. The molecule has 3 rings (SSSR count). The van der Waals surface area contributed by atoms with E-state index in [-0.39, 0.29) is 0 Å². The molecule has 2 fully saturated rings. The number of aromatic nitrogens is 3. The normalized spacial score (nSPS) is 33.0. The fourth-order valence-electron chi connectivity index (χ4n) is 4.82. The Bertz CT molecular complexity index is 476. The fraction of sp³-hybridized carbons (Fsp3) is 0.889. The molecule has 0 amide bonds. The third kappa shape index (κ3) is 4.28. The molecule has 4 unspecified atom stereocenters. The van der Waals surface area contributed by atoms with E-state index in [1.54, 1.807) is 4.68 Å². The number of rotatable bonds is 4. The van der Waals surface area contributed by atoms with Crippen molar-refractivity contribution in [1.29, 1.82) is 0 Å². The van der Waals surface area contributed by atoms with Gasteiger partial charge in [-0.05, 0) is 36.5 Å². The molecule has 0 saturated carbocycles. The molecule has 1 aromatic rings. The summed E-state index contributed by atoms with van der Waals surface area (Å²) in [6, 6.07) is 0. The maximum absolute atomic E-state index is 6.31. The molecular weight excluding hydrogens is 300 g/mol. The van der Waals surface area contributed by atoms with Crippen LogP contribution in [0.25, 0.3) is 0 Å². The number of likely N-dealkylation sites (tertiary alicyclic amines) is 2. The average molecular weight is 335 g/mol. The van der Waals surface area contributed by atoms with Gasteiger partial charge in [0.2, 0.25) is 0 Å². The summed E-state index contributed by atoms with van der Waals surface area (Å²) in [7, 11) is 0. The first-order valence-corrected chi connectivity index (χ1v) is 9.53. The van der Waals surface area contributed by atoms with Gasteiger partial charge < -0.3 is 5.84 Å². The summed E-state index contributed by atoms with van der Waals surface area (Å²) in [6.07, 6.45) is 2.64. The predicted molar refractivity (Wildman–Crippen MR) is 96.6 cm³/mol. The monoisotopic (exact) mass is 334 g/mol. The van der Waals surface area contributed by atoms with Crippen LogP contribution in [-0.2, 0) is 13.1 Å². The minimum absolute atomic E-state index is 0.749. The second kappa shape index (κ2) is 7.40. The quantitative estimate of drug-likeness (QED) is 0.853. The summed E-state index contributed by atoms with van der Waals surface area (Å²) in [5.41, 5.74) is 0. The molecule has 6 heteroatoms. The van der Waals surface area contributed by atoms with Crippen LogP contribution >= 0.6 is 0 Å². The van der Waals surface area contributed by atoms with Crippen LogP contribution in [-0.4, -0.2) is 50.9 Å².